The van der Waals surface area contributed by atoms with Crippen molar-refractivity contribution in [2.45, 2.75) is 51.2 Å². The van der Waals surface area contributed by atoms with Crippen molar-refractivity contribution in [3.63, 3.8) is 0 Å². The predicted octanol–water partition coefficient (Wildman–Crippen LogP) is 4.92. The Labute approximate surface area is 247 Å². The molecule has 1 aromatic heterocycles. The third-order valence-corrected chi connectivity index (χ3v) is 8.66. The minimum absolute atomic E-state index is 0.0633. The van der Waals surface area contributed by atoms with Crippen LogP contribution in [0.4, 0.5) is 15.8 Å². The summed E-state index contributed by atoms with van der Waals surface area (Å²) in [6.07, 6.45) is 1.58. The Morgan fingerprint density at radius 2 is 1.74 bits per heavy atom. The van der Waals surface area contributed by atoms with E-state index >= 15 is 0 Å². The standard InChI is InChI=1S/C31H33FN4O5S/c1-18-17-36(31(41)20-8-9-20)19(2)16-35(18)26-11-10-22(14-24(26)33-29(39)21-5-3-6-23(32)13-21)30(40)34-25(15-28(37)38)27-7-4-12-42-27/h3-7,10-14,18-20,25H,8-9,15-17H2,1-2H3,(H,33,39)(H,34,40)(H,37,38). The fourth-order valence-electron chi connectivity index (χ4n) is 5.31. The minimum Gasteiger partial charge on any atom is -0.481 e. The number of thiophene rings is 1. The Kier molecular flexibility index (Phi) is 8.58. The van der Waals surface area contributed by atoms with Gasteiger partial charge in [-0.3, -0.25) is 19.2 Å². The fraction of sp³-hybridized carbons (Fsp3) is 0.355. The first-order valence-corrected chi connectivity index (χ1v) is 14.8. The molecule has 1 saturated carbocycles. The van der Waals surface area contributed by atoms with Gasteiger partial charge in [-0.15, -0.1) is 11.3 Å². The summed E-state index contributed by atoms with van der Waals surface area (Å²) < 4.78 is 13.9. The summed E-state index contributed by atoms with van der Waals surface area (Å²) in [6.45, 7) is 5.05. The molecule has 3 atom stereocenters. The lowest BCUT2D eigenvalue weighted by molar-refractivity contribution is -0.137. The number of hydrogen-bond acceptors (Lipinski definition) is 6. The molecule has 42 heavy (non-hydrogen) atoms. The monoisotopic (exact) mass is 592 g/mol. The highest BCUT2D eigenvalue weighted by atomic mass is 32.1. The second-order valence-corrected chi connectivity index (χ2v) is 11.9. The molecule has 2 fully saturated rings. The van der Waals surface area contributed by atoms with Crippen LogP contribution in [0.5, 0.6) is 0 Å². The van der Waals surface area contributed by atoms with E-state index in [1.165, 1.54) is 29.5 Å². The lowest BCUT2D eigenvalue weighted by Gasteiger charge is -2.46. The second-order valence-electron chi connectivity index (χ2n) is 11.0. The zero-order chi connectivity index (χ0) is 30.0. The van der Waals surface area contributed by atoms with Crippen molar-refractivity contribution in [1.29, 1.82) is 0 Å². The number of rotatable bonds is 9. The molecule has 1 aliphatic heterocycles. The van der Waals surface area contributed by atoms with E-state index in [1.807, 2.05) is 24.1 Å². The number of anilines is 2. The highest BCUT2D eigenvalue weighted by Gasteiger charge is 2.39. The first-order valence-electron chi connectivity index (χ1n) is 13.9. The SMILES string of the molecule is CC1CN(c2ccc(C(=O)NC(CC(=O)O)c3cccs3)cc2NC(=O)c2cccc(F)c2)C(C)CN1C(=O)C1CC1. The van der Waals surface area contributed by atoms with Crippen LogP contribution in [-0.2, 0) is 9.59 Å². The molecule has 0 bridgehead atoms. The van der Waals surface area contributed by atoms with Crippen LogP contribution < -0.4 is 15.5 Å². The van der Waals surface area contributed by atoms with Crippen LogP contribution in [0, 0.1) is 11.7 Å². The number of aliphatic carboxylic acids is 1. The van der Waals surface area contributed by atoms with Gasteiger partial charge in [-0.1, -0.05) is 12.1 Å². The molecule has 1 aliphatic carbocycles. The van der Waals surface area contributed by atoms with Crippen LogP contribution in [0.2, 0.25) is 0 Å². The topological polar surface area (TPSA) is 119 Å². The van der Waals surface area contributed by atoms with Gasteiger partial charge in [0.1, 0.15) is 5.82 Å². The number of carboxylic acids is 1. The number of hydrogen-bond donors (Lipinski definition) is 3. The van der Waals surface area contributed by atoms with Crippen LogP contribution in [0.15, 0.2) is 60.0 Å². The summed E-state index contributed by atoms with van der Waals surface area (Å²) in [5, 5.41) is 16.9. The van der Waals surface area contributed by atoms with Gasteiger partial charge < -0.3 is 25.5 Å². The molecule has 3 amide bonds. The maximum absolute atomic E-state index is 13.9. The molecule has 11 heteroatoms. The van der Waals surface area contributed by atoms with E-state index in [0.717, 1.165) is 18.9 Å². The zero-order valence-electron chi connectivity index (χ0n) is 23.4. The van der Waals surface area contributed by atoms with Gasteiger partial charge in [-0.05, 0) is 74.5 Å². The maximum atomic E-state index is 13.9. The van der Waals surface area contributed by atoms with Crippen LogP contribution in [0.3, 0.4) is 0 Å². The molecule has 2 heterocycles. The molecule has 0 spiro atoms. The lowest BCUT2D eigenvalue weighted by Crippen LogP contribution is -2.58. The predicted molar refractivity (Wildman–Crippen MR) is 158 cm³/mol. The van der Waals surface area contributed by atoms with E-state index in [2.05, 4.69) is 15.5 Å². The van der Waals surface area contributed by atoms with Crippen molar-refractivity contribution in [2.24, 2.45) is 5.92 Å². The molecular weight excluding hydrogens is 559 g/mol. The van der Waals surface area contributed by atoms with Crippen LogP contribution >= 0.6 is 11.3 Å². The number of amides is 3. The summed E-state index contributed by atoms with van der Waals surface area (Å²) in [5.41, 5.74) is 1.36. The average molecular weight is 593 g/mol. The van der Waals surface area contributed by atoms with E-state index in [4.69, 9.17) is 0 Å². The Balaban J connectivity index is 1.44. The van der Waals surface area contributed by atoms with E-state index in [-0.39, 0.29) is 41.5 Å². The van der Waals surface area contributed by atoms with Crippen molar-refractivity contribution < 1.29 is 28.7 Å². The molecule has 2 aromatic carbocycles. The van der Waals surface area contributed by atoms with Gasteiger partial charge in [0.25, 0.3) is 11.8 Å². The average Bonchev–Trinajstić information content (AvgIpc) is 3.66. The number of benzene rings is 2. The van der Waals surface area contributed by atoms with Gasteiger partial charge >= 0.3 is 5.97 Å². The van der Waals surface area contributed by atoms with Gasteiger partial charge in [-0.2, -0.15) is 0 Å². The van der Waals surface area contributed by atoms with Crippen molar-refractivity contribution in [1.82, 2.24) is 10.2 Å². The third kappa shape index (κ3) is 6.62. The number of piperazine rings is 1. The summed E-state index contributed by atoms with van der Waals surface area (Å²) in [5.74, 6) is -2.34. The van der Waals surface area contributed by atoms with Crippen molar-refractivity contribution in [3.05, 3.63) is 81.8 Å². The lowest BCUT2D eigenvalue weighted by atomic mass is 10.0. The summed E-state index contributed by atoms with van der Waals surface area (Å²) >= 11 is 1.35. The van der Waals surface area contributed by atoms with E-state index in [9.17, 15) is 28.7 Å². The van der Waals surface area contributed by atoms with E-state index in [1.54, 1.807) is 30.3 Å². The summed E-state index contributed by atoms with van der Waals surface area (Å²) in [6, 6.07) is 12.9. The molecule has 5 rings (SSSR count). The number of nitrogens with one attached hydrogen (secondary N) is 2. The van der Waals surface area contributed by atoms with Gasteiger partial charge in [0.2, 0.25) is 5.91 Å². The molecule has 220 valence electrons. The zero-order valence-corrected chi connectivity index (χ0v) is 24.2. The molecule has 9 nitrogen and oxygen atoms in total. The Bertz CT molecular complexity index is 1490. The van der Waals surface area contributed by atoms with Crippen molar-refractivity contribution in [2.75, 3.05) is 23.3 Å². The van der Waals surface area contributed by atoms with Crippen LogP contribution in [0.25, 0.3) is 0 Å². The number of halogens is 1. The Morgan fingerprint density at radius 3 is 2.40 bits per heavy atom. The van der Waals surface area contributed by atoms with Gasteiger partial charge in [0, 0.05) is 47.1 Å². The highest BCUT2D eigenvalue weighted by Crippen LogP contribution is 2.36. The normalized spacial score (nSPS) is 19.2. The quantitative estimate of drug-likeness (QED) is 0.325. The van der Waals surface area contributed by atoms with Crippen LogP contribution in [0.1, 0.15) is 64.7 Å². The number of nitrogens with zero attached hydrogens (tertiary/aromatic N) is 2. The van der Waals surface area contributed by atoms with E-state index < -0.39 is 29.6 Å². The molecule has 3 unspecified atom stereocenters. The van der Waals surface area contributed by atoms with E-state index in [0.29, 0.717) is 29.3 Å². The number of carbonyl (C=O) groups excluding carboxylic acids is 3. The van der Waals surface area contributed by atoms with Gasteiger partial charge in [0.05, 0.1) is 23.8 Å². The molecular formula is C31H33FN4O5S. The van der Waals surface area contributed by atoms with Crippen molar-refractivity contribution >= 4 is 46.4 Å². The molecule has 3 aromatic rings. The Hall–Kier alpha value is -4.25. The molecule has 3 N–H and O–H groups in total. The van der Waals surface area contributed by atoms with Gasteiger partial charge in [0.15, 0.2) is 0 Å². The van der Waals surface area contributed by atoms with Crippen molar-refractivity contribution in [3.8, 4) is 0 Å². The molecule has 0 radical (unpaired) electrons. The Morgan fingerprint density at radius 1 is 0.976 bits per heavy atom. The highest BCUT2D eigenvalue weighted by molar-refractivity contribution is 7.10. The largest absolute Gasteiger partial charge is 0.481 e. The summed E-state index contributed by atoms with van der Waals surface area (Å²) in [4.78, 5) is 55.6. The van der Waals surface area contributed by atoms with Crippen LogP contribution in [-0.4, -0.2) is 58.9 Å². The number of carbonyl (C=O) groups is 4. The second kappa shape index (κ2) is 12.3. The summed E-state index contributed by atoms with van der Waals surface area (Å²) in [7, 11) is 0. The third-order valence-electron chi connectivity index (χ3n) is 7.67. The minimum atomic E-state index is -1.05. The van der Waals surface area contributed by atoms with Gasteiger partial charge in [-0.25, -0.2) is 4.39 Å². The molecule has 1 saturated heterocycles. The first kappa shape index (κ1) is 29.2. The number of carboxylic acid groups (broad SMARTS) is 1. The maximum Gasteiger partial charge on any atom is 0.305 e. The first-order chi connectivity index (χ1) is 20.1. The fourth-order valence-corrected chi connectivity index (χ4v) is 6.09. The smallest absolute Gasteiger partial charge is 0.305 e. The molecule has 2 aliphatic rings.